The number of carbonyl (C=O) groups excluding carboxylic acids is 2. The number of ether oxygens (including phenoxy) is 1. The van der Waals surface area contributed by atoms with E-state index in [1.165, 1.54) is 4.90 Å². The number of benzene rings is 3. The predicted molar refractivity (Wildman–Crippen MR) is 128 cm³/mol. The number of Topliss-reactive ketones (excluding diaryl/α,β-unsaturated/α-hetero) is 1. The molecule has 1 aliphatic rings. The van der Waals surface area contributed by atoms with Gasteiger partial charge >= 0.3 is 0 Å². The van der Waals surface area contributed by atoms with E-state index in [1.807, 2.05) is 13.0 Å². The number of carbonyl (C=O) groups is 2. The van der Waals surface area contributed by atoms with Gasteiger partial charge in [-0.15, -0.1) is 0 Å². The lowest BCUT2D eigenvalue weighted by Gasteiger charge is -2.26. The predicted octanol–water partition coefficient (Wildman–Crippen LogP) is 6.05. The Morgan fingerprint density at radius 1 is 1.06 bits per heavy atom. The molecule has 1 fully saturated rings. The SMILES string of the molecule is COc1cccc([C@H]2C(=C(O)c3ccc(Cl)cc3)C(=O)C(=O)N2c2ccc(C)c(Br)c2)c1. The van der Waals surface area contributed by atoms with E-state index in [0.29, 0.717) is 27.6 Å². The van der Waals surface area contributed by atoms with Crippen LogP contribution in [0.1, 0.15) is 22.7 Å². The van der Waals surface area contributed by atoms with Gasteiger partial charge in [0.15, 0.2) is 0 Å². The van der Waals surface area contributed by atoms with Crippen LogP contribution in [0.25, 0.3) is 5.76 Å². The maximum atomic E-state index is 13.2. The number of amides is 1. The Labute approximate surface area is 199 Å². The number of hydrogen-bond donors (Lipinski definition) is 1. The average Bonchev–Trinajstić information content (AvgIpc) is 3.06. The van der Waals surface area contributed by atoms with Crippen molar-refractivity contribution in [2.45, 2.75) is 13.0 Å². The zero-order valence-electron chi connectivity index (χ0n) is 17.3. The Bertz CT molecular complexity index is 1250. The van der Waals surface area contributed by atoms with Crippen LogP contribution in [0.3, 0.4) is 0 Å². The van der Waals surface area contributed by atoms with E-state index in [0.717, 1.165) is 10.0 Å². The Morgan fingerprint density at radius 2 is 1.78 bits per heavy atom. The molecule has 0 spiro atoms. The smallest absolute Gasteiger partial charge is 0.300 e. The molecule has 1 heterocycles. The van der Waals surface area contributed by atoms with Crippen LogP contribution >= 0.6 is 27.5 Å². The van der Waals surface area contributed by atoms with Gasteiger partial charge in [0.1, 0.15) is 11.5 Å². The van der Waals surface area contributed by atoms with Gasteiger partial charge in [-0.2, -0.15) is 0 Å². The first-order chi connectivity index (χ1) is 15.3. The summed E-state index contributed by atoms with van der Waals surface area (Å²) in [5.41, 5.74) is 2.56. The lowest BCUT2D eigenvalue weighted by Crippen LogP contribution is -2.29. The summed E-state index contributed by atoms with van der Waals surface area (Å²) in [5.74, 6) is -1.17. The first kappa shape index (κ1) is 22.1. The van der Waals surface area contributed by atoms with E-state index in [4.69, 9.17) is 16.3 Å². The Kier molecular flexibility index (Phi) is 6.09. The average molecular weight is 513 g/mol. The summed E-state index contributed by atoms with van der Waals surface area (Å²) in [6.07, 6.45) is 0. The van der Waals surface area contributed by atoms with E-state index in [9.17, 15) is 14.7 Å². The number of anilines is 1. The van der Waals surface area contributed by atoms with E-state index in [-0.39, 0.29) is 11.3 Å². The summed E-state index contributed by atoms with van der Waals surface area (Å²) < 4.78 is 6.15. The molecule has 7 heteroatoms. The number of halogens is 2. The molecule has 3 aromatic rings. The number of hydrogen-bond acceptors (Lipinski definition) is 4. The van der Waals surface area contributed by atoms with Crippen molar-refractivity contribution >= 4 is 50.7 Å². The van der Waals surface area contributed by atoms with Crippen molar-refractivity contribution in [1.29, 1.82) is 0 Å². The third-order valence-electron chi connectivity index (χ3n) is 5.41. The van der Waals surface area contributed by atoms with Crippen molar-refractivity contribution in [3.05, 3.63) is 98.5 Å². The Morgan fingerprint density at radius 3 is 2.44 bits per heavy atom. The fourth-order valence-corrected chi connectivity index (χ4v) is 4.21. The molecule has 162 valence electrons. The van der Waals surface area contributed by atoms with Crippen molar-refractivity contribution in [2.24, 2.45) is 0 Å². The van der Waals surface area contributed by atoms with Gasteiger partial charge in [0.25, 0.3) is 11.7 Å². The highest BCUT2D eigenvalue weighted by atomic mass is 79.9. The maximum absolute atomic E-state index is 13.2. The van der Waals surface area contributed by atoms with Gasteiger partial charge in [-0.05, 0) is 66.6 Å². The first-order valence-electron chi connectivity index (χ1n) is 9.79. The summed E-state index contributed by atoms with van der Waals surface area (Å²) >= 11 is 9.47. The molecule has 3 aromatic carbocycles. The number of aliphatic hydroxyl groups is 1. The zero-order chi connectivity index (χ0) is 23.0. The van der Waals surface area contributed by atoms with E-state index in [2.05, 4.69) is 15.9 Å². The largest absolute Gasteiger partial charge is 0.507 e. The summed E-state index contributed by atoms with van der Waals surface area (Å²) in [4.78, 5) is 27.8. The second-order valence-electron chi connectivity index (χ2n) is 7.39. The summed E-state index contributed by atoms with van der Waals surface area (Å²) in [7, 11) is 1.54. The molecule has 1 N–H and O–H groups in total. The monoisotopic (exact) mass is 511 g/mol. The highest BCUT2D eigenvalue weighted by Crippen LogP contribution is 2.43. The van der Waals surface area contributed by atoms with Gasteiger partial charge in [0.05, 0.1) is 18.7 Å². The quantitative estimate of drug-likeness (QED) is 0.263. The van der Waals surface area contributed by atoms with Crippen LogP contribution < -0.4 is 9.64 Å². The fourth-order valence-electron chi connectivity index (χ4n) is 3.72. The minimum atomic E-state index is -0.838. The van der Waals surface area contributed by atoms with Gasteiger partial charge in [0, 0.05) is 20.7 Å². The van der Waals surface area contributed by atoms with Gasteiger partial charge in [-0.3, -0.25) is 14.5 Å². The van der Waals surface area contributed by atoms with E-state index >= 15 is 0 Å². The minimum Gasteiger partial charge on any atom is -0.507 e. The van der Waals surface area contributed by atoms with Crippen molar-refractivity contribution in [2.75, 3.05) is 12.0 Å². The molecule has 0 bridgehead atoms. The molecule has 1 atom stereocenters. The second-order valence-corrected chi connectivity index (χ2v) is 8.68. The molecular weight excluding hydrogens is 494 g/mol. The third-order valence-corrected chi connectivity index (χ3v) is 6.51. The third kappa shape index (κ3) is 3.92. The Balaban J connectivity index is 1.96. The van der Waals surface area contributed by atoms with Crippen LogP contribution in [0, 0.1) is 6.92 Å². The maximum Gasteiger partial charge on any atom is 0.300 e. The number of ketones is 1. The van der Waals surface area contributed by atoms with Gasteiger partial charge in [-0.25, -0.2) is 0 Å². The first-order valence-corrected chi connectivity index (χ1v) is 11.0. The van der Waals surface area contributed by atoms with Crippen LogP contribution in [-0.4, -0.2) is 23.9 Å². The van der Waals surface area contributed by atoms with Gasteiger partial charge in [0.2, 0.25) is 0 Å². The number of aryl methyl sites for hydroxylation is 1. The molecule has 1 saturated heterocycles. The van der Waals surface area contributed by atoms with Gasteiger partial charge < -0.3 is 9.84 Å². The van der Waals surface area contributed by atoms with Crippen molar-refractivity contribution < 1.29 is 19.4 Å². The fraction of sp³-hybridized carbons (Fsp3) is 0.120. The highest BCUT2D eigenvalue weighted by molar-refractivity contribution is 9.10. The highest BCUT2D eigenvalue weighted by Gasteiger charge is 2.47. The van der Waals surface area contributed by atoms with Crippen LogP contribution in [-0.2, 0) is 9.59 Å². The molecule has 4 rings (SSSR count). The number of methoxy groups -OCH3 is 1. The van der Waals surface area contributed by atoms with Crippen molar-refractivity contribution in [3.63, 3.8) is 0 Å². The topological polar surface area (TPSA) is 66.8 Å². The lowest BCUT2D eigenvalue weighted by molar-refractivity contribution is -0.132. The van der Waals surface area contributed by atoms with E-state index < -0.39 is 17.7 Å². The van der Waals surface area contributed by atoms with E-state index in [1.54, 1.807) is 67.8 Å². The molecule has 0 aromatic heterocycles. The summed E-state index contributed by atoms with van der Waals surface area (Å²) in [5, 5.41) is 11.6. The molecule has 0 aliphatic carbocycles. The molecule has 5 nitrogen and oxygen atoms in total. The van der Waals surface area contributed by atoms with Crippen molar-refractivity contribution in [3.8, 4) is 5.75 Å². The molecule has 1 amide bonds. The summed E-state index contributed by atoms with van der Waals surface area (Å²) in [6.45, 7) is 1.93. The standard InChI is InChI=1S/C25H19BrClNO4/c1-14-6-11-18(13-20(14)26)28-22(16-4-3-5-19(12-16)32-2)21(24(30)25(28)31)23(29)15-7-9-17(27)10-8-15/h3-13,22,29H,1-2H3/t22-/m0/s1. The van der Waals surface area contributed by atoms with Crippen LogP contribution in [0.5, 0.6) is 5.75 Å². The van der Waals surface area contributed by atoms with Crippen LogP contribution in [0.2, 0.25) is 5.02 Å². The number of rotatable bonds is 4. The van der Waals surface area contributed by atoms with Crippen molar-refractivity contribution in [1.82, 2.24) is 0 Å². The molecular formula is C25H19BrClNO4. The Hall–Kier alpha value is -3.09. The normalized spacial score (nSPS) is 17.6. The van der Waals surface area contributed by atoms with Crippen LogP contribution in [0.15, 0.2) is 76.8 Å². The lowest BCUT2D eigenvalue weighted by atomic mass is 9.95. The minimum absolute atomic E-state index is 0.00210. The number of aliphatic hydroxyl groups excluding tert-OH is 1. The molecule has 0 radical (unpaired) electrons. The second kappa shape index (κ2) is 8.81. The molecule has 0 saturated carbocycles. The summed E-state index contributed by atoms with van der Waals surface area (Å²) in [6, 6.07) is 18.1. The van der Waals surface area contributed by atoms with Crippen LogP contribution in [0.4, 0.5) is 5.69 Å². The molecule has 1 aliphatic heterocycles. The molecule has 32 heavy (non-hydrogen) atoms. The molecule has 0 unspecified atom stereocenters. The van der Waals surface area contributed by atoms with Gasteiger partial charge in [-0.1, -0.05) is 45.7 Å². The number of nitrogens with zero attached hydrogens (tertiary/aromatic N) is 1. The zero-order valence-corrected chi connectivity index (χ0v) is 19.6.